The molecular formula is C49H59N7O7. The van der Waals surface area contributed by atoms with Gasteiger partial charge in [0.2, 0.25) is 17.7 Å². The molecule has 4 aromatic rings. The standard InChI is InChI=1S/C49H59N7O7/c1-26(2)40(53-46(60)62-7)44(58)54-21-11-13-38(54)42-51-36-19-15-29(23-37(36)52-42)28-14-17-32-33-18-16-31(25-35(33)48(5,6)34(32)22-28)50-43(57)39-24-30-12-9-10-20-49(30)55(39)45(59)41(27(3)4)56(49)47(61)63-8/h14-19,22-23,25-27,30,38-41H,9-13,20-21,24H2,1-8H3,(H,50,57)(H,51,52)(H,53,60)/t30-,38-,39-,40-,41-,49+/m0/s1. The third-order valence-electron chi connectivity index (χ3n) is 14.7. The van der Waals surface area contributed by atoms with E-state index in [1.807, 2.05) is 44.7 Å². The van der Waals surface area contributed by atoms with Crippen LogP contribution in [0.1, 0.15) is 109 Å². The van der Waals surface area contributed by atoms with Crippen LogP contribution in [-0.2, 0) is 29.3 Å². The van der Waals surface area contributed by atoms with Gasteiger partial charge in [0.25, 0.3) is 0 Å². The first kappa shape index (κ1) is 42.4. The van der Waals surface area contributed by atoms with Crippen molar-refractivity contribution < 1.29 is 33.4 Å². The predicted molar refractivity (Wildman–Crippen MR) is 238 cm³/mol. The van der Waals surface area contributed by atoms with Crippen LogP contribution in [-0.4, -0.2) is 99.1 Å². The highest BCUT2D eigenvalue weighted by Gasteiger charge is 2.69. The van der Waals surface area contributed by atoms with Crippen molar-refractivity contribution in [1.29, 1.82) is 0 Å². The first-order valence-electron chi connectivity index (χ1n) is 22.6. The van der Waals surface area contributed by atoms with Crippen LogP contribution in [0, 0.1) is 17.8 Å². The van der Waals surface area contributed by atoms with E-state index < -0.39 is 36.0 Å². The van der Waals surface area contributed by atoms with Gasteiger partial charge in [-0.3, -0.25) is 19.3 Å². The number of fused-ring (bicyclic) bond motifs is 4. The fraction of sp³-hybridized carbons (Fsp3) is 0.510. The average Bonchev–Trinajstić information content (AvgIpc) is 4.08. The van der Waals surface area contributed by atoms with E-state index in [0.717, 1.165) is 76.8 Å². The van der Waals surface area contributed by atoms with Gasteiger partial charge in [0.05, 0.1) is 31.3 Å². The first-order chi connectivity index (χ1) is 30.1. The van der Waals surface area contributed by atoms with Gasteiger partial charge in [-0.15, -0.1) is 0 Å². The molecule has 6 atom stereocenters. The molecule has 14 heteroatoms. The average molecular weight is 858 g/mol. The third-order valence-corrected chi connectivity index (χ3v) is 14.7. The first-order valence-corrected chi connectivity index (χ1v) is 22.6. The number of rotatable bonds is 8. The van der Waals surface area contributed by atoms with Gasteiger partial charge >= 0.3 is 12.2 Å². The van der Waals surface area contributed by atoms with E-state index in [1.165, 1.54) is 19.8 Å². The summed E-state index contributed by atoms with van der Waals surface area (Å²) in [6, 6.07) is 16.5. The molecule has 1 spiro atoms. The topological polar surface area (TPSA) is 166 Å². The highest BCUT2D eigenvalue weighted by Crippen LogP contribution is 2.56. The van der Waals surface area contributed by atoms with Crippen LogP contribution in [0.15, 0.2) is 54.6 Å². The number of H-pyrrole nitrogens is 1. The second kappa shape index (κ2) is 15.7. The molecule has 4 heterocycles. The SMILES string of the molecule is COC(=O)N[C@H](C(=O)N1CCC[C@H]1c1nc2ccc(-c3ccc4c(c3)C(C)(C)c3cc(NC(=O)[C@@H]5C[C@@H]6CCCC[C@@]67N(C(=O)OC)[C@@H](C(C)C)C(=O)N57)ccc3-4)cc2[nH]1)C(C)C. The highest BCUT2D eigenvalue weighted by molar-refractivity contribution is 6.01. The molecule has 3 N–H and O–H groups in total. The molecule has 3 saturated heterocycles. The third kappa shape index (κ3) is 6.65. The van der Waals surface area contributed by atoms with Crippen LogP contribution >= 0.6 is 0 Å². The number of likely N-dealkylation sites (tertiary alicyclic amines) is 1. The molecule has 0 bridgehead atoms. The molecule has 0 unspecified atom stereocenters. The van der Waals surface area contributed by atoms with Crippen molar-refractivity contribution in [3.05, 3.63) is 71.5 Å². The Morgan fingerprint density at radius 3 is 2.30 bits per heavy atom. The molecule has 3 aliphatic heterocycles. The summed E-state index contributed by atoms with van der Waals surface area (Å²) in [4.78, 5) is 81.6. The number of imidazole rings is 1. The van der Waals surface area contributed by atoms with Gasteiger partial charge in [0.1, 0.15) is 29.6 Å². The monoisotopic (exact) mass is 857 g/mol. The van der Waals surface area contributed by atoms with Gasteiger partial charge in [0.15, 0.2) is 0 Å². The zero-order valence-electron chi connectivity index (χ0n) is 37.5. The summed E-state index contributed by atoms with van der Waals surface area (Å²) in [5.41, 5.74) is 7.72. The minimum atomic E-state index is -0.858. The normalized spacial score (nSPS) is 24.9. The van der Waals surface area contributed by atoms with Gasteiger partial charge in [-0.1, -0.05) is 72.2 Å². The minimum absolute atomic E-state index is 0.0124. The number of ether oxygens (including phenoxy) is 2. The Labute approximate surface area is 368 Å². The van der Waals surface area contributed by atoms with Crippen molar-refractivity contribution in [2.24, 2.45) is 17.8 Å². The highest BCUT2D eigenvalue weighted by atomic mass is 16.5. The van der Waals surface area contributed by atoms with E-state index in [1.54, 1.807) is 9.80 Å². The zero-order chi connectivity index (χ0) is 44.7. The van der Waals surface area contributed by atoms with Crippen LogP contribution < -0.4 is 10.6 Å². The number of aromatic nitrogens is 2. The Balaban J connectivity index is 0.949. The van der Waals surface area contributed by atoms with Crippen LogP contribution in [0.4, 0.5) is 15.3 Å². The second-order valence-corrected chi connectivity index (χ2v) is 19.3. The van der Waals surface area contributed by atoms with Crippen molar-refractivity contribution in [1.82, 2.24) is 30.0 Å². The van der Waals surface area contributed by atoms with E-state index in [0.29, 0.717) is 25.1 Å². The van der Waals surface area contributed by atoms with E-state index in [9.17, 15) is 24.0 Å². The number of anilines is 1. The Bertz CT molecular complexity index is 2530. The molecule has 3 aromatic carbocycles. The number of benzene rings is 3. The Morgan fingerprint density at radius 2 is 1.59 bits per heavy atom. The summed E-state index contributed by atoms with van der Waals surface area (Å²) < 4.78 is 10.1. The zero-order valence-corrected chi connectivity index (χ0v) is 37.5. The Hall–Kier alpha value is -5.92. The number of methoxy groups -OCH3 is 2. The van der Waals surface area contributed by atoms with Crippen molar-refractivity contribution in [3.8, 4) is 22.3 Å². The summed E-state index contributed by atoms with van der Waals surface area (Å²) >= 11 is 0. The van der Waals surface area contributed by atoms with Gasteiger partial charge in [-0.05, 0) is 114 Å². The summed E-state index contributed by atoms with van der Waals surface area (Å²) in [5, 5.41) is 5.92. The van der Waals surface area contributed by atoms with Crippen molar-refractivity contribution in [2.45, 2.75) is 122 Å². The lowest BCUT2D eigenvalue weighted by atomic mass is 9.78. The van der Waals surface area contributed by atoms with E-state index in [-0.39, 0.29) is 46.9 Å². The molecule has 4 fully saturated rings. The van der Waals surface area contributed by atoms with Gasteiger partial charge < -0.3 is 34.9 Å². The lowest BCUT2D eigenvalue weighted by Gasteiger charge is -2.46. The van der Waals surface area contributed by atoms with E-state index in [4.69, 9.17) is 14.5 Å². The number of amides is 5. The molecule has 14 nitrogen and oxygen atoms in total. The van der Waals surface area contributed by atoms with Crippen molar-refractivity contribution in [2.75, 3.05) is 26.1 Å². The molecule has 0 radical (unpaired) electrons. The number of nitrogens with one attached hydrogen (secondary N) is 3. The van der Waals surface area contributed by atoms with Crippen LogP contribution in [0.5, 0.6) is 0 Å². The van der Waals surface area contributed by atoms with Crippen LogP contribution in [0.25, 0.3) is 33.3 Å². The van der Waals surface area contributed by atoms with E-state index in [2.05, 4.69) is 71.9 Å². The number of nitrogens with zero attached hydrogens (tertiary/aromatic N) is 4. The second-order valence-electron chi connectivity index (χ2n) is 19.3. The molecule has 1 saturated carbocycles. The molecule has 5 aliphatic rings. The van der Waals surface area contributed by atoms with Crippen molar-refractivity contribution >= 4 is 46.6 Å². The molecule has 63 heavy (non-hydrogen) atoms. The summed E-state index contributed by atoms with van der Waals surface area (Å²) in [6.07, 6.45) is 4.30. The number of aromatic amines is 1. The number of carbonyl (C=O) groups excluding carboxylic acids is 5. The van der Waals surface area contributed by atoms with Crippen LogP contribution in [0.3, 0.4) is 0 Å². The Kier molecular flexibility index (Phi) is 10.6. The predicted octanol–water partition coefficient (Wildman–Crippen LogP) is 8.11. The maximum atomic E-state index is 14.4. The molecule has 5 amide bonds. The maximum absolute atomic E-state index is 14.4. The quantitative estimate of drug-likeness (QED) is 0.160. The van der Waals surface area contributed by atoms with Crippen LogP contribution in [0.2, 0.25) is 0 Å². The smallest absolute Gasteiger partial charge is 0.412 e. The lowest BCUT2D eigenvalue weighted by molar-refractivity contribution is -0.139. The number of hydrogen-bond donors (Lipinski definition) is 3. The lowest BCUT2D eigenvalue weighted by Crippen LogP contribution is -2.60. The van der Waals surface area contributed by atoms with Gasteiger partial charge in [-0.25, -0.2) is 14.6 Å². The largest absolute Gasteiger partial charge is 0.453 e. The van der Waals surface area contributed by atoms with Gasteiger partial charge in [0, 0.05) is 23.6 Å². The number of alkyl carbamates (subject to hydrolysis) is 1. The Morgan fingerprint density at radius 1 is 0.873 bits per heavy atom. The summed E-state index contributed by atoms with van der Waals surface area (Å²) in [7, 11) is 2.65. The van der Waals surface area contributed by atoms with Crippen molar-refractivity contribution in [3.63, 3.8) is 0 Å². The summed E-state index contributed by atoms with van der Waals surface area (Å²) in [5.74, 6) is -0.105. The van der Waals surface area contributed by atoms with Gasteiger partial charge in [-0.2, -0.15) is 0 Å². The fourth-order valence-electron chi connectivity index (χ4n) is 11.7. The molecule has 2 aliphatic carbocycles. The van der Waals surface area contributed by atoms with E-state index >= 15 is 0 Å². The number of carbonyl (C=O) groups is 5. The minimum Gasteiger partial charge on any atom is -0.453 e. The maximum Gasteiger partial charge on any atom is 0.412 e. The molecule has 332 valence electrons. The fourth-order valence-corrected chi connectivity index (χ4v) is 11.7. The molecular weight excluding hydrogens is 799 g/mol. The number of hydrogen-bond acceptors (Lipinski definition) is 8. The molecule has 1 aromatic heterocycles. The summed E-state index contributed by atoms with van der Waals surface area (Å²) in [6.45, 7) is 12.7. The molecule has 9 rings (SSSR count).